The van der Waals surface area contributed by atoms with Gasteiger partial charge >= 0.3 is 0 Å². The molecule has 0 saturated carbocycles. The van der Waals surface area contributed by atoms with E-state index in [-0.39, 0.29) is 0 Å². The Labute approximate surface area is 74.8 Å². The Morgan fingerprint density at radius 3 is 2.92 bits per heavy atom. The topological polar surface area (TPSA) is 12.0 Å². The lowest BCUT2D eigenvalue weighted by Gasteiger charge is -2.05. The quantitative estimate of drug-likeness (QED) is 0.671. The third-order valence-electron chi connectivity index (χ3n) is 1.79. The minimum Gasteiger partial charge on any atom is -0.385 e. The standard InChI is InChI=1S/C11H16N/c1-3-4-8-12-11-7-5-6-10(2)9-11/h5-7,9,12H,2-4,8H2,1H3. The second-order valence-electron chi connectivity index (χ2n) is 2.98. The summed E-state index contributed by atoms with van der Waals surface area (Å²) < 4.78 is 0. The summed E-state index contributed by atoms with van der Waals surface area (Å²) in [7, 11) is 0. The molecule has 1 rings (SSSR count). The highest BCUT2D eigenvalue weighted by molar-refractivity contribution is 5.46. The zero-order valence-corrected chi connectivity index (χ0v) is 7.64. The number of unbranched alkanes of at least 4 members (excludes halogenated alkanes) is 1. The van der Waals surface area contributed by atoms with Gasteiger partial charge in [0.15, 0.2) is 0 Å². The molecular weight excluding hydrogens is 146 g/mol. The van der Waals surface area contributed by atoms with E-state index in [0.29, 0.717) is 0 Å². The third kappa shape index (κ3) is 2.95. The lowest BCUT2D eigenvalue weighted by molar-refractivity contribution is 0.834. The van der Waals surface area contributed by atoms with Crippen LogP contribution in [0.1, 0.15) is 25.3 Å². The molecule has 0 fully saturated rings. The average molecular weight is 162 g/mol. The highest BCUT2D eigenvalue weighted by Crippen LogP contribution is 2.09. The van der Waals surface area contributed by atoms with Crippen LogP contribution in [0.4, 0.5) is 5.69 Å². The summed E-state index contributed by atoms with van der Waals surface area (Å²) >= 11 is 0. The lowest BCUT2D eigenvalue weighted by atomic mass is 10.2. The first-order valence-corrected chi connectivity index (χ1v) is 4.49. The molecule has 1 heteroatoms. The van der Waals surface area contributed by atoms with Crippen molar-refractivity contribution in [1.82, 2.24) is 0 Å². The molecule has 12 heavy (non-hydrogen) atoms. The molecular formula is C11H16N. The molecule has 0 heterocycles. The fourth-order valence-electron chi connectivity index (χ4n) is 1.09. The third-order valence-corrected chi connectivity index (χ3v) is 1.79. The Bertz CT molecular complexity index is 230. The molecule has 0 aromatic heterocycles. The SMILES string of the molecule is [CH2]c1cccc(NCCCC)c1. The first kappa shape index (κ1) is 9.11. The van der Waals surface area contributed by atoms with Gasteiger partial charge < -0.3 is 5.32 Å². The molecule has 0 saturated heterocycles. The van der Waals surface area contributed by atoms with Crippen LogP contribution >= 0.6 is 0 Å². The molecule has 1 radical (unpaired) electrons. The van der Waals surface area contributed by atoms with Gasteiger partial charge in [-0.3, -0.25) is 0 Å². The van der Waals surface area contributed by atoms with Crippen LogP contribution < -0.4 is 5.32 Å². The van der Waals surface area contributed by atoms with Crippen molar-refractivity contribution in [1.29, 1.82) is 0 Å². The predicted molar refractivity (Wildman–Crippen MR) is 54.3 cm³/mol. The summed E-state index contributed by atoms with van der Waals surface area (Å²) in [5, 5.41) is 3.35. The van der Waals surface area contributed by atoms with Crippen LogP contribution in [0.25, 0.3) is 0 Å². The van der Waals surface area contributed by atoms with Crippen LogP contribution in [0, 0.1) is 6.92 Å². The smallest absolute Gasteiger partial charge is 0.0342 e. The van der Waals surface area contributed by atoms with Crippen LogP contribution in [0.5, 0.6) is 0 Å². The minimum absolute atomic E-state index is 1.06. The molecule has 0 aliphatic carbocycles. The highest BCUT2D eigenvalue weighted by atomic mass is 14.9. The summed E-state index contributed by atoms with van der Waals surface area (Å²) in [6, 6.07) is 8.17. The number of anilines is 1. The molecule has 0 amide bonds. The predicted octanol–water partition coefficient (Wildman–Crippen LogP) is 3.08. The molecule has 0 aliphatic heterocycles. The van der Waals surface area contributed by atoms with Gasteiger partial charge in [0.2, 0.25) is 0 Å². The van der Waals surface area contributed by atoms with Crippen LogP contribution in [-0.2, 0) is 0 Å². The monoisotopic (exact) mass is 162 g/mol. The van der Waals surface area contributed by atoms with Crippen LogP contribution in [0.3, 0.4) is 0 Å². The van der Waals surface area contributed by atoms with Gasteiger partial charge in [-0.25, -0.2) is 0 Å². The Morgan fingerprint density at radius 2 is 2.25 bits per heavy atom. The number of hydrogen-bond acceptors (Lipinski definition) is 1. The van der Waals surface area contributed by atoms with E-state index in [1.807, 2.05) is 12.1 Å². The van der Waals surface area contributed by atoms with Gasteiger partial charge in [-0.2, -0.15) is 0 Å². The average Bonchev–Trinajstić information content (AvgIpc) is 2.05. The van der Waals surface area contributed by atoms with E-state index in [0.717, 1.165) is 12.1 Å². The van der Waals surface area contributed by atoms with E-state index >= 15 is 0 Å². The number of rotatable bonds is 4. The summed E-state index contributed by atoms with van der Waals surface area (Å²) in [5.74, 6) is 0. The molecule has 1 N–H and O–H groups in total. The van der Waals surface area contributed by atoms with E-state index in [1.54, 1.807) is 0 Å². The van der Waals surface area contributed by atoms with Crippen molar-refractivity contribution in [3.05, 3.63) is 36.8 Å². The molecule has 0 atom stereocenters. The molecule has 0 spiro atoms. The summed E-state index contributed by atoms with van der Waals surface area (Å²) in [6.45, 7) is 7.12. The number of hydrogen-bond donors (Lipinski definition) is 1. The lowest BCUT2D eigenvalue weighted by Crippen LogP contribution is -2.00. The van der Waals surface area contributed by atoms with Gasteiger partial charge in [0.25, 0.3) is 0 Å². The molecule has 1 aromatic rings. The second kappa shape index (κ2) is 4.81. The van der Waals surface area contributed by atoms with Gasteiger partial charge in [-0.1, -0.05) is 25.5 Å². The van der Waals surface area contributed by atoms with Crippen LogP contribution in [0.2, 0.25) is 0 Å². The zero-order chi connectivity index (χ0) is 8.81. The molecule has 0 bridgehead atoms. The Hall–Kier alpha value is -0.980. The normalized spacial score (nSPS) is 9.83. The fraction of sp³-hybridized carbons (Fsp3) is 0.364. The largest absolute Gasteiger partial charge is 0.385 e. The van der Waals surface area contributed by atoms with Gasteiger partial charge in [-0.15, -0.1) is 0 Å². The van der Waals surface area contributed by atoms with Crippen molar-refractivity contribution in [3.63, 3.8) is 0 Å². The molecule has 0 unspecified atom stereocenters. The highest BCUT2D eigenvalue weighted by Gasteiger charge is 1.89. The van der Waals surface area contributed by atoms with Crippen LogP contribution in [-0.4, -0.2) is 6.54 Å². The van der Waals surface area contributed by atoms with Crippen molar-refractivity contribution in [2.24, 2.45) is 0 Å². The zero-order valence-electron chi connectivity index (χ0n) is 7.64. The maximum absolute atomic E-state index is 3.87. The molecule has 65 valence electrons. The molecule has 1 nitrogen and oxygen atoms in total. The Morgan fingerprint density at radius 1 is 1.42 bits per heavy atom. The second-order valence-corrected chi connectivity index (χ2v) is 2.98. The molecule has 1 aromatic carbocycles. The van der Waals surface area contributed by atoms with Crippen molar-refractivity contribution in [2.75, 3.05) is 11.9 Å². The van der Waals surface area contributed by atoms with Gasteiger partial charge in [0.1, 0.15) is 0 Å². The van der Waals surface area contributed by atoms with Crippen molar-refractivity contribution in [2.45, 2.75) is 19.8 Å². The first-order chi connectivity index (χ1) is 5.83. The van der Waals surface area contributed by atoms with Crippen LogP contribution in [0.15, 0.2) is 24.3 Å². The van der Waals surface area contributed by atoms with Gasteiger partial charge in [-0.05, 0) is 31.0 Å². The van der Waals surface area contributed by atoms with E-state index < -0.39 is 0 Å². The van der Waals surface area contributed by atoms with Gasteiger partial charge in [0.05, 0.1) is 0 Å². The van der Waals surface area contributed by atoms with Crippen molar-refractivity contribution >= 4 is 5.69 Å². The van der Waals surface area contributed by atoms with E-state index in [4.69, 9.17) is 0 Å². The van der Waals surface area contributed by atoms with E-state index in [2.05, 4.69) is 31.3 Å². The van der Waals surface area contributed by atoms with Gasteiger partial charge in [0, 0.05) is 12.2 Å². The Balaban J connectivity index is 2.41. The summed E-state index contributed by atoms with van der Waals surface area (Å²) in [6.07, 6.45) is 2.46. The maximum Gasteiger partial charge on any atom is 0.0342 e. The first-order valence-electron chi connectivity index (χ1n) is 4.49. The summed E-state index contributed by atoms with van der Waals surface area (Å²) in [4.78, 5) is 0. The molecule has 0 aliphatic rings. The number of nitrogens with one attached hydrogen (secondary N) is 1. The maximum atomic E-state index is 3.87. The van der Waals surface area contributed by atoms with Crippen molar-refractivity contribution in [3.8, 4) is 0 Å². The fourth-order valence-corrected chi connectivity index (χ4v) is 1.09. The Kier molecular flexibility index (Phi) is 3.65. The summed E-state index contributed by atoms with van der Waals surface area (Å²) in [5.41, 5.74) is 2.24. The minimum atomic E-state index is 1.06. The van der Waals surface area contributed by atoms with E-state index in [9.17, 15) is 0 Å². The van der Waals surface area contributed by atoms with E-state index in [1.165, 1.54) is 18.5 Å². The van der Waals surface area contributed by atoms with Crippen molar-refractivity contribution < 1.29 is 0 Å². The number of benzene rings is 1.